The van der Waals surface area contributed by atoms with Gasteiger partial charge in [-0.3, -0.25) is 0 Å². The molecule has 1 aliphatic rings. The number of nitrogens with zero attached hydrogens (tertiary/aromatic N) is 1. The second-order valence-electron chi connectivity index (χ2n) is 5.74. The molecule has 3 rings (SSSR count). The molecule has 2 aromatic carbocycles. The van der Waals surface area contributed by atoms with Gasteiger partial charge in [0.15, 0.2) is 9.84 Å². The van der Waals surface area contributed by atoms with Gasteiger partial charge in [-0.1, -0.05) is 42.8 Å². The molecule has 0 aromatic heterocycles. The molecule has 0 saturated heterocycles. The lowest BCUT2D eigenvalue weighted by Gasteiger charge is -2.05. The third-order valence-electron chi connectivity index (χ3n) is 4.38. The van der Waals surface area contributed by atoms with Crippen molar-refractivity contribution in [1.29, 1.82) is 5.26 Å². The Hall–Kier alpha value is -1.83. The van der Waals surface area contributed by atoms with E-state index in [-0.39, 0.29) is 10.8 Å². The second-order valence-corrected chi connectivity index (χ2v) is 8.28. The van der Waals surface area contributed by atoms with Gasteiger partial charge in [-0.15, -0.1) is 0 Å². The molecule has 1 saturated carbocycles. The number of benzene rings is 2. The maximum atomic E-state index is 12.8. The first-order valence-corrected chi connectivity index (χ1v) is 9.39. The van der Waals surface area contributed by atoms with Crippen LogP contribution >= 0.6 is 11.6 Å². The van der Waals surface area contributed by atoms with Crippen LogP contribution in [-0.4, -0.2) is 13.7 Å². The van der Waals surface area contributed by atoms with Crippen LogP contribution in [0.1, 0.15) is 24.0 Å². The number of hydrogen-bond acceptors (Lipinski definition) is 3. The van der Waals surface area contributed by atoms with Crippen molar-refractivity contribution >= 4 is 21.4 Å². The lowest BCUT2D eigenvalue weighted by Crippen LogP contribution is -2.10. The van der Waals surface area contributed by atoms with E-state index < -0.39 is 21.0 Å². The maximum absolute atomic E-state index is 12.8. The molecule has 5 heteroatoms. The average Bonchev–Trinajstić information content (AvgIpc) is 3.31. The highest BCUT2D eigenvalue weighted by molar-refractivity contribution is 7.92. The fourth-order valence-electron chi connectivity index (χ4n) is 2.98. The van der Waals surface area contributed by atoms with Crippen LogP contribution in [0.3, 0.4) is 0 Å². The maximum Gasteiger partial charge on any atom is 0.183 e. The smallest absolute Gasteiger partial charge is 0.183 e. The molecule has 0 radical (unpaired) electrons. The summed E-state index contributed by atoms with van der Waals surface area (Å²) in [6, 6.07) is 16.1. The molecule has 0 N–H and O–H groups in total. The van der Waals surface area contributed by atoms with Gasteiger partial charge in [0.25, 0.3) is 0 Å². The lowest BCUT2D eigenvalue weighted by molar-refractivity contribution is 0.593. The molecule has 3 atom stereocenters. The van der Waals surface area contributed by atoms with Crippen molar-refractivity contribution in [3.05, 3.63) is 64.7 Å². The first kappa shape index (κ1) is 16.0. The van der Waals surface area contributed by atoms with Crippen LogP contribution in [-0.2, 0) is 16.3 Å². The lowest BCUT2D eigenvalue weighted by atomic mass is 10.1. The fraction of sp³-hybridized carbons (Fsp3) is 0.278. The van der Waals surface area contributed by atoms with E-state index in [1.165, 1.54) is 17.7 Å². The molecule has 3 unspecified atom stereocenters. The number of sulfone groups is 1. The molecule has 0 heterocycles. The van der Waals surface area contributed by atoms with Gasteiger partial charge in [-0.2, -0.15) is 5.26 Å². The Morgan fingerprint density at radius 2 is 1.70 bits per heavy atom. The van der Waals surface area contributed by atoms with Crippen molar-refractivity contribution < 1.29 is 8.42 Å². The Bertz CT molecular complexity index is 851. The minimum absolute atomic E-state index is 0.222. The summed E-state index contributed by atoms with van der Waals surface area (Å²) in [4.78, 5) is 0.222. The zero-order chi connectivity index (χ0) is 16.6. The minimum Gasteiger partial charge on any atom is -0.223 e. The molecule has 1 aliphatic carbocycles. The van der Waals surface area contributed by atoms with Crippen LogP contribution in [0, 0.1) is 17.2 Å². The molecule has 0 bridgehead atoms. The van der Waals surface area contributed by atoms with Crippen molar-refractivity contribution in [3.8, 4) is 6.07 Å². The number of nitriles is 1. The van der Waals surface area contributed by atoms with Crippen LogP contribution in [0.25, 0.3) is 0 Å². The van der Waals surface area contributed by atoms with E-state index in [4.69, 9.17) is 11.6 Å². The first-order valence-electron chi connectivity index (χ1n) is 7.47. The zero-order valence-corrected chi connectivity index (χ0v) is 14.2. The van der Waals surface area contributed by atoms with E-state index in [9.17, 15) is 13.7 Å². The predicted octanol–water partition coefficient (Wildman–Crippen LogP) is 3.98. The molecular formula is C18H16ClNO2S. The molecule has 0 aliphatic heterocycles. The van der Waals surface area contributed by atoms with Crippen molar-refractivity contribution in [2.75, 3.05) is 0 Å². The van der Waals surface area contributed by atoms with Crippen molar-refractivity contribution in [3.63, 3.8) is 0 Å². The Kier molecular flexibility index (Phi) is 4.18. The van der Waals surface area contributed by atoms with E-state index in [0.717, 1.165) is 12.0 Å². The molecule has 1 fully saturated rings. The standard InChI is InChI=1S/C18H16ClNO2S/c1-2-12-3-5-13(6-4-12)17-16(11-20)18(17)23(21,22)15-9-7-14(19)8-10-15/h3-10,16-18H,2H2,1H3. The van der Waals surface area contributed by atoms with Crippen LogP contribution in [0.4, 0.5) is 0 Å². The van der Waals surface area contributed by atoms with E-state index in [1.807, 2.05) is 24.3 Å². The van der Waals surface area contributed by atoms with Gasteiger partial charge >= 0.3 is 0 Å². The average molecular weight is 346 g/mol. The van der Waals surface area contributed by atoms with Crippen molar-refractivity contribution in [2.45, 2.75) is 29.4 Å². The summed E-state index contributed by atoms with van der Waals surface area (Å²) >= 11 is 5.82. The number of rotatable bonds is 4. The summed E-state index contributed by atoms with van der Waals surface area (Å²) in [6.45, 7) is 2.07. The summed E-state index contributed by atoms with van der Waals surface area (Å²) < 4.78 is 25.6. The molecule has 2 aromatic rings. The molecule has 118 valence electrons. The van der Waals surface area contributed by atoms with Gasteiger partial charge < -0.3 is 0 Å². The van der Waals surface area contributed by atoms with E-state index in [1.54, 1.807) is 12.1 Å². The highest BCUT2D eigenvalue weighted by Gasteiger charge is 2.59. The Morgan fingerprint density at radius 3 is 2.22 bits per heavy atom. The predicted molar refractivity (Wildman–Crippen MR) is 90.1 cm³/mol. The zero-order valence-electron chi connectivity index (χ0n) is 12.6. The number of aryl methyl sites for hydroxylation is 1. The number of hydrogen-bond donors (Lipinski definition) is 0. The molecule has 3 nitrogen and oxygen atoms in total. The molecular weight excluding hydrogens is 330 g/mol. The van der Waals surface area contributed by atoms with Crippen LogP contribution in [0.2, 0.25) is 5.02 Å². The number of halogens is 1. The summed E-state index contributed by atoms with van der Waals surface area (Å²) in [5.74, 6) is -0.755. The van der Waals surface area contributed by atoms with E-state index >= 15 is 0 Å². The minimum atomic E-state index is -3.54. The summed E-state index contributed by atoms with van der Waals surface area (Å²) in [6.07, 6.45) is 0.930. The van der Waals surface area contributed by atoms with Crippen molar-refractivity contribution in [2.24, 2.45) is 5.92 Å². The van der Waals surface area contributed by atoms with Crippen molar-refractivity contribution in [1.82, 2.24) is 0 Å². The molecule has 0 amide bonds. The van der Waals surface area contributed by atoms with E-state index in [0.29, 0.717) is 5.02 Å². The normalized spacial score (nSPS) is 23.3. The van der Waals surface area contributed by atoms with Crippen LogP contribution in [0.5, 0.6) is 0 Å². The summed E-state index contributed by atoms with van der Waals surface area (Å²) in [7, 11) is -3.54. The first-order chi connectivity index (χ1) is 11.0. The third kappa shape index (κ3) is 2.87. The highest BCUT2D eigenvalue weighted by Crippen LogP contribution is 2.53. The fourth-order valence-corrected chi connectivity index (χ4v) is 5.17. The van der Waals surface area contributed by atoms with Gasteiger partial charge in [-0.05, 0) is 41.8 Å². The largest absolute Gasteiger partial charge is 0.223 e. The van der Waals surface area contributed by atoms with Crippen LogP contribution in [0.15, 0.2) is 53.4 Å². The van der Waals surface area contributed by atoms with Crippen LogP contribution < -0.4 is 0 Å². The SMILES string of the molecule is CCc1ccc(C2C(C#N)C2S(=O)(=O)c2ccc(Cl)cc2)cc1. The Morgan fingerprint density at radius 1 is 1.09 bits per heavy atom. The molecule has 23 heavy (non-hydrogen) atoms. The summed E-state index contributed by atoms with van der Waals surface area (Å²) in [5, 5.41) is 9.14. The highest BCUT2D eigenvalue weighted by atomic mass is 35.5. The van der Waals surface area contributed by atoms with Gasteiger partial charge in [0.2, 0.25) is 0 Å². The van der Waals surface area contributed by atoms with Gasteiger partial charge in [-0.25, -0.2) is 8.42 Å². The van der Waals surface area contributed by atoms with Gasteiger partial charge in [0.05, 0.1) is 22.1 Å². The van der Waals surface area contributed by atoms with E-state index in [2.05, 4.69) is 13.0 Å². The van der Waals surface area contributed by atoms with Gasteiger partial charge in [0.1, 0.15) is 0 Å². The third-order valence-corrected chi connectivity index (χ3v) is 6.86. The second kappa shape index (κ2) is 5.99. The molecule has 0 spiro atoms. The quantitative estimate of drug-likeness (QED) is 0.842. The topological polar surface area (TPSA) is 57.9 Å². The Labute approximate surface area is 141 Å². The Balaban J connectivity index is 1.92. The van der Waals surface area contributed by atoms with Gasteiger partial charge in [0, 0.05) is 10.9 Å². The summed E-state index contributed by atoms with van der Waals surface area (Å²) in [5.41, 5.74) is 2.11. The monoisotopic (exact) mass is 345 g/mol.